The molecule has 0 N–H and O–H groups in total. The number of ether oxygens (including phenoxy) is 1. The van der Waals surface area contributed by atoms with E-state index in [2.05, 4.69) is 0 Å². The van der Waals surface area contributed by atoms with Gasteiger partial charge in [-0.05, 0) is 49.6 Å². The molecule has 1 saturated heterocycles. The Hall–Kier alpha value is -2.63. The molecule has 5 nitrogen and oxygen atoms in total. The number of hydrogen-bond donors (Lipinski definition) is 0. The number of nitrogens with zero attached hydrogens (tertiary/aromatic N) is 1. The van der Waals surface area contributed by atoms with E-state index in [9.17, 15) is 9.59 Å². The van der Waals surface area contributed by atoms with E-state index in [1.807, 2.05) is 31.2 Å². The highest BCUT2D eigenvalue weighted by Gasteiger charge is 2.43. The smallest absolute Gasteiger partial charge is 0.291 e. The first-order valence-electron chi connectivity index (χ1n) is 9.78. The van der Waals surface area contributed by atoms with E-state index < -0.39 is 6.04 Å². The predicted octanol–water partition coefficient (Wildman–Crippen LogP) is 4.48. The Kier molecular flexibility index (Phi) is 4.45. The third-order valence-corrected chi connectivity index (χ3v) is 5.98. The van der Waals surface area contributed by atoms with E-state index in [-0.39, 0.29) is 23.2 Å². The third kappa shape index (κ3) is 3.05. The molecule has 2 unspecified atom stereocenters. The van der Waals surface area contributed by atoms with Crippen molar-refractivity contribution in [2.75, 3.05) is 13.2 Å². The van der Waals surface area contributed by atoms with E-state index >= 15 is 0 Å². The summed E-state index contributed by atoms with van der Waals surface area (Å²) >= 11 is 6.07. The normalized spacial score (nSPS) is 21.2. The minimum absolute atomic E-state index is 0.0326. The summed E-state index contributed by atoms with van der Waals surface area (Å²) in [5.41, 5.74) is 2.47. The van der Waals surface area contributed by atoms with Crippen molar-refractivity contribution in [1.29, 1.82) is 0 Å². The lowest BCUT2D eigenvalue weighted by Crippen LogP contribution is -2.36. The van der Waals surface area contributed by atoms with Gasteiger partial charge in [-0.2, -0.15) is 0 Å². The van der Waals surface area contributed by atoms with Crippen LogP contribution in [0.1, 0.15) is 46.1 Å². The largest absolute Gasteiger partial charge is 0.450 e. The Morgan fingerprint density at radius 2 is 1.93 bits per heavy atom. The molecule has 2 aliphatic heterocycles. The Balaban J connectivity index is 1.71. The van der Waals surface area contributed by atoms with Gasteiger partial charge in [-0.15, -0.1) is 0 Å². The summed E-state index contributed by atoms with van der Waals surface area (Å²) in [6.45, 7) is 3.05. The standard InChI is InChI=1S/C23H20ClNO4/c1-13-4-9-18-17(11-13)21(26)19-20(14-5-7-15(24)8-6-14)25(23(27)22(19)29-18)12-16-3-2-10-28-16/h4-9,11,16,20H,2-3,10,12H2,1H3. The number of carbonyl (C=O) groups excluding carboxylic acids is 1. The van der Waals surface area contributed by atoms with Crippen molar-refractivity contribution in [2.45, 2.75) is 31.9 Å². The molecule has 1 amide bonds. The molecule has 0 radical (unpaired) electrons. The van der Waals surface area contributed by atoms with Gasteiger partial charge < -0.3 is 14.1 Å². The highest BCUT2D eigenvalue weighted by molar-refractivity contribution is 6.30. The lowest BCUT2D eigenvalue weighted by molar-refractivity contribution is 0.0486. The monoisotopic (exact) mass is 409 g/mol. The van der Waals surface area contributed by atoms with Crippen LogP contribution in [0.3, 0.4) is 0 Å². The molecule has 1 fully saturated rings. The Labute approximate surface area is 172 Å². The van der Waals surface area contributed by atoms with Crippen molar-refractivity contribution < 1.29 is 13.9 Å². The topological polar surface area (TPSA) is 59.8 Å². The number of halogens is 1. The Bertz CT molecular complexity index is 1160. The molecule has 3 aromatic rings. The number of aryl methyl sites for hydroxylation is 1. The van der Waals surface area contributed by atoms with Crippen LogP contribution in [0.15, 0.2) is 51.7 Å². The summed E-state index contributed by atoms with van der Waals surface area (Å²) in [4.78, 5) is 28.5. The fourth-order valence-corrected chi connectivity index (χ4v) is 4.45. The molecule has 0 bridgehead atoms. The number of rotatable bonds is 3. The van der Waals surface area contributed by atoms with Crippen LogP contribution in [0, 0.1) is 6.92 Å². The first kappa shape index (κ1) is 18.4. The van der Waals surface area contributed by atoms with Gasteiger partial charge in [0.15, 0.2) is 5.43 Å². The number of amides is 1. The van der Waals surface area contributed by atoms with Gasteiger partial charge in [0.1, 0.15) is 5.58 Å². The molecule has 2 aliphatic rings. The van der Waals surface area contributed by atoms with Crippen molar-refractivity contribution in [2.24, 2.45) is 0 Å². The van der Waals surface area contributed by atoms with Crippen LogP contribution in [0.4, 0.5) is 0 Å². The minimum Gasteiger partial charge on any atom is -0.450 e. The maximum absolute atomic E-state index is 13.5. The van der Waals surface area contributed by atoms with Gasteiger partial charge >= 0.3 is 0 Å². The Morgan fingerprint density at radius 3 is 2.66 bits per heavy atom. The average Bonchev–Trinajstić information content (AvgIpc) is 3.32. The molecule has 1 aromatic heterocycles. The van der Waals surface area contributed by atoms with Gasteiger partial charge in [0.05, 0.1) is 23.1 Å². The second-order valence-corrected chi connectivity index (χ2v) is 8.16. The molecule has 6 heteroatoms. The molecule has 0 spiro atoms. The number of fused-ring (bicyclic) bond motifs is 2. The van der Waals surface area contributed by atoms with E-state index in [1.165, 1.54) is 0 Å². The first-order chi connectivity index (χ1) is 14.0. The van der Waals surface area contributed by atoms with Crippen molar-refractivity contribution >= 4 is 28.5 Å². The summed E-state index contributed by atoms with van der Waals surface area (Å²) in [6.07, 6.45) is 1.84. The fourth-order valence-electron chi connectivity index (χ4n) is 4.32. The molecular formula is C23H20ClNO4. The van der Waals surface area contributed by atoms with Gasteiger partial charge in [-0.25, -0.2) is 0 Å². The van der Waals surface area contributed by atoms with Crippen molar-refractivity contribution in [1.82, 2.24) is 4.90 Å². The summed E-state index contributed by atoms with van der Waals surface area (Å²) in [5.74, 6) is -0.140. The molecule has 5 rings (SSSR count). The van der Waals surface area contributed by atoms with Gasteiger partial charge in [0, 0.05) is 18.2 Å². The molecule has 2 atom stereocenters. The molecular weight excluding hydrogens is 390 g/mol. The Morgan fingerprint density at radius 1 is 1.14 bits per heavy atom. The average molecular weight is 410 g/mol. The van der Waals surface area contributed by atoms with Crippen LogP contribution in [0.5, 0.6) is 0 Å². The van der Waals surface area contributed by atoms with Crippen LogP contribution in [-0.4, -0.2) is 30.1 Å². The summed E-state index contributed by atoms with van der Waals surface area (Å²) < 4.78 is 11.7. The van der Waals surface area contributed by atoms with Gasteiger partial charge in [0.25, 0.3) is 5.91 Å². The quantitative estimate of drug-likeness (QED) is 0.640. The van der Waals surface area contributed by atoms with Gasteiger partial charge in [-0.1, -0.05) is 35.4 Å². The van der Waals surface area contributed by atoms with Crippen molar-refractivity contribution in [3.8, 4) is 0 Å². The van der Waals surface area contributed by atoms with Crippen LogP contribution in [0.25, 0.3) is 11.0 Å². The molecule has 3 heterocycles. The second kappa shape index (κ2) is 7.01. The molecule has 2 aromatic carbocycles. The van der Waals surface area contributed by atoms with Crippen LogP contribution >= 0.6 is 11.6 Å². The van der Waals surface area contributed by atoms with E-state index in [0.717, 1.165) is 24.0 Å². The SMILES string of the molecule is Cc1ccc2oc3c(c(=O)c2c1)C(c1ccc(Cl)cc1)N(CC1CCCO1)C3=O. The van der Waals surface area contributed by atoms with Crippen LogP contribution < -0.4 is 5.43 Å². The van der Waals surface area contributed by atoms with Gasteiger partial charge in [-0.3, -0.25) is 9.59 Å². The number of hydrogen-bond acceptors (Lipinski definition) is 4. The lowest BCUT2D eigenvalue weighted by Gasteiger charge is -2.27. The fraction of sp³-hybridized carbons (Fsp3) is 0.304. The maximum atomic E-state index is 13.5. The minimum atomic E-state index is -0.514. The molecule has 148 valence electrons. The van der Waals surface area contributed by atoms with E-state index in [0.29, 0.717) is 34.7 Å². The number of benzene rings is 2. The predicted molar refractivity (Wildman–Crippen MR) is 111 cm³/mol. The third-order valence-electron chi connectivity index (χ3n) is 5.73. The van der Waals surface area contributed by atoms with Crippen LogP contribution in [0.2, 0.25) is 5.02 Å². The van der Waals surface area contributed by atoms with Crippen molar-refractivity contribution in [3.05, 3.63) is 80.2 Å². The maximum Gasteiger partial charge on any atom is 0.291 e. The highest BCUT2D eigenvalue weighted by atomic mass is 35.5. The first-order valence-corrected chi connectivity index (χ1v) is 10.2. The van der Waals surface area contributed by atoms with Crippen molar-refractivity contribution in [3.63, 3.8) is 0 Å². The molecule has 0 aliphatic carbocycles. The van der Waals surface area contributed by atoms with E-state index in [1.54, 1.807) is 23.1 Å². The summed E-state index contributed by atoms with van der Waals surface area (Å²) in [5, 5.41) is 1.10. The lowest BCUT2D eigenvalue weighted by atomic mass is 9.98. The van der Waals surface area contributed by atoms with Crippen LogP contribution in [-0.2, 0) is 4.74 Å². The summed E-state index contributed by atoms with van der Waals surface area (Å²) in [6, 6.07) is 12.2. The zero-order chi connectivity index (χ0) is 20.1. The zero-order valence-corrected chi connectivity index (χ0v) is 16.7. The molecule has 29 heavy (non-hydrogen) atoms. The van der Waals surface area contributed by atoms with Gasteiger partial charge in [0.2, 0.25) is 5.76 Å². The highest BCUT2D eigenvalue weighted by Crippen LogP contribution is 2.39. The number of carbonyl (C=O) groups is 1. The van der Waals surface area contributed by atoms with E-state index in [4.69, 9.17) is 20.8 Å². The summed E-state index contributed by atoms with van der Waals surface area (Å²) in [7, 11) is 0. The zero-order valence-electron chi connectivity index (χ0n) is 16.0. The molecule has 0 saturated carbocycles. The second-order valence-electron chi connectivity index (χ2n) is 7.72.